The zero-order valence-corrected chi connectivity index (χ0v) is 28.5. The maximum atomic E-state index is 14.3. The van der Waals surface area contributed by atoms with Crippen molar-refractivity contribution >= 4 is 51.7 Å². The Kier molecular flexibility index (Phi) is 8.91. The molecule has 1 fully saturated rings. The molecule has 2 amide bonds. The highest BCUT2D eigenvalue weighted by molar-refractivity contribution is 6.10. The first kappa shape index (κ1) is 32.8. The third-order valence-electron chi connectivity index (χ3n) is 9.55. The quantitative estimate of drug-likeness (QED) is 0.130. The minimum absolute atomic E-state index is 0.236. The summed E-state index contributed by atoms with van der Waals surface area (Å²) in [7, 11) is 1.56. The number of amides is 2. The van der Waals surface area contributed by atoms with Gasteiger partial charge in [-0.3, -0.25) is 14.5 Å². The molecule has 1 saturated heterocycles. The number of nitrogens with zero attached hydrogens (tertiary/aromatic N) is 5. The number of H-pyrrole nitrogens is 1. The summed E-state index contributed by atoms with van der Waals surface area (Å²) >= 11 is 0. The number of hydrogen-bond donors (Lipinski definition) is 5. The summed E-state index contributed by atoms with van der Waals surface area (Å²) in [5, 5.41) is 12.7. The molecule has 0 saturated carbocycles. The number of benzene rings is 3. The molecular formula is C39H37FN10O2. The topological polar surface area (TPSA) is 143 Å². The highest BCUT2D eigenvalue weighted by Gasteiger charge is 2.24. The second kappa shape index (κ2) is 14.1. The lowest BCUT2D eigenvalue weighted by molar-refractivity contribution is 0.0951. The fourth-order valence-corrected chi connectivity index (χ4v) is 6.92. The van der Waals surface area contributed by atoms with Gasteiger partial charge >= 0.3 is 0 Å². The zero-order valence-electron chi connectivity index (χ0n) is 28.5. The third-order valence-corrected chi connectivity index (χ3v) is 9.55. The fourth-order valence-electron chi connectivity index (χ4n) is 6.92. The summed E-state index contributed by atoms with van der Waals surface area (Å²) in [5.74, 6) is 0.307. The van der Waals surface area contributed by atoms with Crippen LogP contribution in [0.3, 0.4) is 0 Å². The van der Waals surface area contributed by atoms with Crippen LogP contribution in [0.15, 0.2) is 91.3 Å². The van der Waals surface area contributed by atoms with E-state index in [0.29, 0.717) is 47.2 Å². The number of hydrogen-bond acceptors (Lipinski definition) is 9. The van der Waals surface area contributed by atoms with Crippen LogP contribution in [0.1, 0.15) is 31.8 Å². The summed E-state index contributed by atoms with van der Waals surface area (Å²) < 4.78 is 14.3. The van der Waals surface area contributed by atoms with E-state index in [1.54, 1.807) is 19.3 Å². The van der Waals surface area contributed by atoms with Crippen molar-refractivity contribution in [2.75, 3.05) is 55.3 Å². The molecular weight excluding hydrogens is 659 g/mol. The number of pyridine rings is 1. The number of carbonyl (C=O) groups is 2. The van der Waals surface area contributed by atoms with E-state index in [4.69, 9.17) is 0 Å². The summed E-state index contributed by atoms with van der Waals surface area (Å²) in [5.41, 5.74) is 7.54. The summed E-state index contributed by atoms with van der Waals surface area (Å²) in [6, 6.07) is 25.0. The Labute approximate surface area is 299 Å². The lowest BCUT2D eigenvalue weighted by atomic mass is 9.99. The first-order valence-corrected chi connectivity index (χ1v) is 17.2. The molecule has 13 heteroatoms. The lowest BCUT2D eigenvalue weighted by Crippen LogP contribution is -2.45. The normalized spacial score (nSPS) is 14.5. The van der Waals surface area contributed by atoms with Gasteiger partial charge in [0.25, 0.3) is 11.8 Å². The van der Waals surface area contributed by atoms with Gasteiger partial charge in [0.1, 0.15) is 23.0 Å². The minimum atomic E-state index is -0.425. The summed E-state index contributed by atoms with van der Waals surface area (Å²) in [6.45, 7) is 5.03. The number of carbonyl (C=O) groups excluding carboxylic acids is 2. The molecule has 5 N–H and O–H groups in total. The zero-order chi connectivity index (χ0) is 35.6. The molecule has 0 radical (unpaired) electrons. The molecule has 0 bridgehead atoms. The van der Waals surface area contributed by atoms with Crippen LogP contribution in [0.4, 0.5) is 33.3 Å². The van der Waals surface area contributed by atoms with Gasteiger partial charge in [-0.05, 0) is 71.6 Å². The number of piperazine rings is 1. The van der Waals surface area contributed by atoms with Gasteiger partial charge in [-0.25, -0.2) is 14.4 Å². The van der Waals surface area contributed by atoms with Gasteiger partial charge in [0.2, 0.25) is 5.95 Å². The molecule has 52 heavy (non-hydrogen) atoms. The van der Waals surface area contributed by atoms with E-state index in [-0.39, 0.29) is 11.8 Å². The van der Waals surface area contributed by atoms with Gasteiger partial charge in [-0.1, -0.05) is 30.3 Å². The molecule has 0 unspecified atom stereocenters. The second-order valence-electron chi connectivity index (χ2n) is 12.9. The number of aromatic nitrogens is 4. The van der Waals surface area contributed by atoms with Crippen LogP contribution in [0.5, 0.6) is 0 Å². The number of anilines is 5. The Morgan fingerprint density at radius 3 is 2.50 bits per heavy atom. The lowest BCUT2D eigenvalue weighted by Gasteiger charge is -2.36. The van der Waals surface area contributed by atoms with Crippen LogP contribution in [-0.4, -0.2) is 76.4 Å². The van der Waals surface area contributed by atoms with Crippen molar-refractivity contribution in [3.8, 4) is 11.3 Å². The molecule has 262 valence electrons. The molecule has 0 aliphatic carbocycles. The summed E-state index contributed by atoms with van der Waals surface area (Å²) in [6.07, 6.45) is 3.83. The Balaban J connectivity index is 0.883. The van der Waals surface area contributed by atoms with E-state index < -0.39 is 5.82 Å². The maximum absolute atomic E-state index is 14.3. The molecule has 0 spiro atoms. The number of aromatic amines is 1. The van der Waals surface area contributed by atoms with E-state index in [0.717, 1.165) is 66.3 Å². The van der Waals surface area contributed by atoms with Crippen molar-refractivity contribution in [1.82, 2.24) is 35.5 Å². The van der Waals surface area contributed by atoms with Crippen molar-refractivity contribution in [3.63, 3.8) is 0 Å². The Morgan fingerprint density at radius 2 is 1.75 bits per heavy atom. The van der Waals surface area contributed by atoms with Crippen LogP contribution >= 0.6 is 0 Å². The highest BCUT2D eigenvalue weighted by Crippen LogP contribution is 2.35. The largest absolute Gasteiger partial charge is 0.369 e. The van der Waals surface area contributed by atoms with Crippen LogP contribution in [-0.2, 0) is 13.0 Å². The minimum Gasteiger partial charge on any atom is -0.369 e. The van der Waals surface area contributed by atoms with E-state index in [9.17, 15) is 14.0 Å². The average molecular weight is 697 g/mol. The Morgan fingerprint density at radius 1 is 0.942 bits per heavy atom. The van der Waals surface area contributed by atoms with Crippen LogP contribution < -0.4 is 26.2 Å². The van der Waals surface area contributed by atoms with Crippen molar-refractivity contribution < 1.29 is 14.0 Å². The standard InChI is InChI=1S/C39H37FN10O2/c1-41-37(51)31-22-44-39(48-36(31)47-33-4-2-3-14-42-33)45-27-9-11-28(12-10-27)50-18-16-49(17-19-50)23-24-5-7-25(8-6-24)35-29-13-15-43-38(52)30-20-26(40)21-32(46-35)34(29)30/h2-12,14,20-22,46H,13,15-19,23H2,1H3,(H,41,51)(H,43,52)(H2,42,44,45,47,48). The first-order chi connectivity index (χ1) is 25.4. The van der Waals surface area contributed by atoms with Crippen molar-refractivity contribution in [3.05, 3.63) is 119 Å². The second-order valence-corrected chi connectivity index (χ2v) is 12.9. The smallest absolute Gasteiger partial charge is 0.256 e. The average Bonchev–Trinajstić information content (AvgIpc) is 3.44. The SMILES string of the molecule is CNC(=O)c1cnc(Nc2ccc(N3CCN(Cc4ccc(-c5[nH]c6cc(F)cc7c6c5CCNC7=O)cc4)CC3)cc2)nc1Nc1ccccn1. The van der Waals surface area contributed by atoms with E-state index in [1.807, 2.05) is 24.3 Å². The van der Waals surface area contributed by atoms with Crippen molar-refractivity contribution in [2.24, 2.45) is 0 Å². The molecule has 2 aliphatic rings. The summed E-state index contributed by atoms with van der Waals surface area (Å²) in [4.78, 5) is 46.4. The van der Waals surface area contributed by atoms with Crippen molar-refractivity contribution in [1.29, 1.82) is 0 Å². The van der Waals surface area contributed by atoms with Crippen LogP contribution in [0.2, 0.25) is 0 Å². The molecule has 12 nitrogen and oxygen atoms in total. The van der Waals surface area contributed by atoms with Crippen LogP contribution in [0, 0.1) is 5.82 Å². The molecule has 2 aliphatic heterocycles. The van der Waals surface area contributed by atoms with Gasteiger partial charge in [0.15, 0.2) is 0 Å². The van der Waals surface area contributed by atoms with E-state index in [1.165, 1.54) is 23.9 Å². The molecule has 5 heterocycles. The number of nitrogens with one attached hydrogen (secondary N) is 5. The van der Waals surface area contributed by atoms with E-state index >= 15 is 0 Å². The Hall–Kier alpha value is -6.34. The first-order valence-electron chi connectivity index (χ1n) is 17.2. The molecule has 8 rings (SSSR count). The third kappa shape index (κ3) is 6.73. The van der Waals surface area contributed by atoms with Gasteiger partial charge in [0.05, 0.1) is 5.56 Å². The molecule has 0 atom stereocenters. The molecule has 3 aromatic heterocycles. The van der Waals surface area contributed by atoms with E-state index in [2.05, 4.69) is 87.4 Å². The highest BCUT2D eigenvalue weighted by atomic mass is 19.1. The van der Waals surface area contributed by atoms with Crippen molar-refractivity contribution in [2.45, 2.75) is 13.0 Å². The predicted octanol–water partition coefficient (Wildman–Crippen LogP) is 5.61. The van der Waals surface area contributed by atoms with Gasteiger partial charge < -0.3 is 31.2 Å². The number of rotatable bonds is 9. The number of halogens is 1. The van der Waals surface area contributed by atoms with Gasteiger partial charge in [-0.2, -0.15) is 4.98 Å². The van der Waals surface area contributed by atoms with Gasteiger partial charge in [0, 0.05) is 86.7 Å². The fraction of sp³-hybridized carbons (Fsp3) is 0.205. The monoisotopic (exact) mass is 696 g/mol. The van der Waals surface area contributed by atoms with Crippen LogP contribution in [0.25, 0.3) is 22.2 Å². The Bertz CT molecular complexity index is 2250. The van der Waals surface area contributed by atoms with Gasteiger partial charge in [-0.15, -0.1) is 0 Å². The molecule has 3 aromatic carbocycles. The molecule has 6 aromatic rings. The predicted molar refractivity (Wildman–Crippen MR) is 200 cm³/mol. The maximum Gasteiger partial charge on any atom is 0.256 e.